The molecule has 0 unspecified atom stereocenters. The van der Waals surface area contributed by atoms with E-state index in [0.29, 0.717) is 12.1 Å². The summed E-state index contributed by atoms with van der Waals surface area (Å²) in [6.07, 6.45) is -12.0. The third kappa shape index (κ3) is 3.78. The van der Waals surface area contributed by atoms with E-state index in [0.717, 1.165) is 12.1 Å². The molecule has 10 heteroatoms. The third-order valence-electron chi connectivity index (χ3n) is 3.47. The molecule has 0 spiro atoms. The van der Waals surface area contributed by atoms with Gasteiger partial charge < -0.3 is 10.4 Å². The molecule has 0 fully saturated rings. The fourth-order valence-corrected chi connectivity index (χ4v) is 2.31. The van der Waals surface area contributed by atoms with Crippen LogP contribution in [0.25, 0.3) is 0 Å². The Balaban J connectivity index is 2.29. The standard InChI is InChI=1S/C16H10ClF6NO2/c17-11-3-1-2-9(8-11)13(25)24-12-6-4-10(5-7-12)14(26,15(18,19)20)16(21,22)23/h1-8,26H,(H,24,25). The summed E-state index contributed by atoms with van der Waals surface area (Å²) >= 11 is 5.73. The maximum absolute atomic E-state index is 12.8. The number of carbonyl (C=O) groups is 1. The smallest absolute Gasteiger partial charge is 0.369 e. The van der Waals surface area contributed by atoms with E-state index in [-0.39, 0.29) is 16.3 Å². The number of anilines is 1. The molecule has 1 amide bonds. The molecule has 0 saturated heterocycles. The summed E-state index contributed by atoms with van der Waals surface area (Å²) in [5, 5.41) is 11.9. The highest BCUT2D eigenvalue weighted by molar-refractivity contribution is 6.31. The van der Waals surface area contributed by atoms with E-state index in [1.807, 2.05) is 0 Å². The molecule has 140 valence electrons. The van der Waals surface area contributed by atoms with Crippen LogP contribution in [0.5, 0.6) is 0 Å². The summed E-state index contributed by atoms with van der Waals surface area (Å²) < 4.78 is 76.8. The zero-order valence-electron chi connectivity index (χ0n) is 12.6. The predicted molar refractivity (Wildman–Crippen MR) is 81.9 cm³/mol. The fourth-order valence-electron chi connectivity index (χ4n) is 2.12. The normalized spacial score (nSPS) is 12.8. The lowest BCUT2D eigenvalue weighted by atomic mass is 9.92. The monoisotopic (exact) mass is 397 g/mol. The second-order valence-electron chi connectivity index (χ2n) is 5.25. The quantitative estimate of drug-likeness (QED) is 0.723. The van der Waals surface area contributed by atoms with Gasteiger partial charge in [-0.3, -0.25) is 4.79 Å². The molecule has 0 heterocycles. The zero-order chi connectivity index (χ0) is 19.8. The fraction of sp³-hybridized carbons (Fsp3) is 0.188. The first-order valence-corrected chi connectivity index (χ1v) is 7.27. The molecule has 0 bridgehead atoms. The molecule has 2 aromatic rings. The molecular weight excluding hydrogens is 388 g/mol. The number of aliphatic hydroxyl groups is 1. The lowest BCUT2D eigenvalue weighted by Crippen LogP contribution is -2.53. The number of rotatable bonds is 3. The van der Waals surface area contributed by atoms with Gasteiger partial charge in [0.15, 0.2) is 0 Å². The van der Waals surface area contributed by atoms with Gasteiger partial charge in [0.1, 0.15) is 0 Å². The van der Waals surface area contributed by atoms with E-state index in [1.165, 1.54) is 24.3 Å². The highest BCUT2D eigenvalue weighted by atomic mass is 35.5. The van der Waals surface area contributed by atoms with Crippen LogP contribution >= 0.6 is 11.6 Å². The van der Waals surface area contributed by atoms with Crippen molar-refractivity contribution in [1.29, 1.82) is 0 Å². The molecule has 0 aliphatic rings. The Kier molecular flexibility index (Phi) is 5.25. The Hall–Kier alpha value is -2.26. The van der Waals surface area contributed by atoms with Gasteiger partial charge in [0, 0.05) is 21.8 Å². The van der Waals surface area contributed by atoms with Crippen molar-refractivity contribution in [3.8, 4) is 0 Å². The van der Waals surface area contributed by atoms with Gasteiger partial charge >= 0.3 is 12.4 Å². The number of hydrogen-bond donors (Lipinski definition) is 2. The predicted octanol–water partition coefficient (Wildman–Crippen LogP) is 4.90. The summed E-state index contributed by atoms with van der Waals surface area (Å²) in [5.41, 5.74) is -6.36. The van der Waals surface area contributed by atoms with E-state index >= 15 is 0 Å². The molecule has 0 atom stereocenters. The molecule has 0 aromatic heterocycles. The second kappa shape index (κ2) is 6.81. The number of nitrogens with one attached hydrogen (secondary N) is 1. The molecule has 0 aliphatic heterocycles. The summed E-state index contributed by atoms with van der Waals surface area (Å²) in [6.45, 7) is 0. The second-order valence-corrected chi connectivity index (χ2v) is 5.68. The Morgan fingerprint density at radius 3 is 1.92 bits per heavy atom. The van der Waals surface area contributed by atoms with Crippen LogP contribution in [0.15, 0.2) is 48.5 Å². The highest BCUT2D eigenvalue weighted by Crippen LogP contribution is 2.50. The molecule has 2 rings (SSSR count). The van der Waals surface area contributed by atoms with Crippen molar-refractivity contribution in [2.75, 3.05) is 5.32 Å². The van der Waals surface area contributed by atoms with Crippen molar-refractivity contribution in [2.24, 2.45) is 0 Å². The van der Waals surface area contributed by atoms with Crippen LogP contribution in [0.1, 0.15) is 15.9 Å². The maximum atomic E-state index is 12.8. The van der Waals surface area contributed by atoms with Crippen LogP contribution in [0.3, 0.4) is 0 Å². The lowest BCUT2D eigenvalue weighted by molar-refractivity contribution is -0.376. The van der Waals surface area contributed by atoms with Crippen LogP contribution in [-0.2, 0) is 5.60 Å². The molecule has 3 nitrogen and oxygen atoms in total. The van der Waals surface area contributed by atoms with Gasteiger partial charge in [-0.2, -0.15) is 26.3 Å². The highest BCUT2D eigenvalue weighted by Gasteiger charge is 2.71. The molecule has 0 saturated carbocycles. The molecule has 2 N–H and O–H groups in total. The first-order valence-electron chi connectivity index (χ1n) is 6.89. The minimum atomic E-state index is -5.98. The Morgan fingerprint density at radius 2 is 1.46 bits per heavy atom. The molecular formula is C16H10ClF6NO2. The topological polar surface area (TPSA) is 49.3 Å². The van der Waals surface area contributed by atoms with Gasteiger partial charge in [0.2, 0.25) is 0 Å². The summed E-state index contributed by atoms with van der Waals surface area (Å²) in [5.74, 6) is -0.665. The number of amides is 1. The van der Waals surface area contributed by atoms with Gasteiger partial charge in [0.25, 0.3) is 11.5 Å². The molecule has 26 heavy (non-hydrogen) atoms. The van der Waals surface area contributed by atoms with Crippen LogP contribution in [0.2, 0.25) is 5.02 Å². The van der Waals surface area contributed by atoms with Crippen LogP contribution in [0.4, 0.5) is 32.0 Å². The Bertz CT molecular complexity index is 788. The SMILES string of the molecule is O=C(Nc1ccc(C(O)(C(F)(F)F)C(F)(F)F)cc1)c1cccc(Cl)c1. The first kappa shape index (κ1) is 20.1. The van der Waals surface area contributed by atoms with Crippen molar-refractivity contribution in [1.82, 2.24) is 0 Å². The lowest BCUT2D eigenvalue weighted by Gasteiger charge is -2.32. The van der Waals surface area contributed by atoms with E-state index in [9.17, 15) is 36.2 Å². The van der Waals surface area contributed by atoms with Gasteiger partial charge in [-0.1, -0.05) is 29.8 Å². The summed E-state index contributed by atoms with van der Waals surface area (Å²) in [6, 6.07) is 8.28. The summed E-state index contributed by atoms with van der Waals surface area (Å²) in [4.78, 5) is 12.0. The van der Waals surface area contributed by atoms with Crippen LogP contribution < -0.4 is 5.32 Å². The maximum Gasteiger partial charge on any atom is 0.430 e. The number of hydrogen-bond acceptors (Lipinski definition) is 2. The third-order valence-corrected chi connectivity index (χ3v) is 3.70. The van der Waals surface area contributed by atoms with Crippen molar-refractivity contribution >= 4 is 23.2 Å². The number of alkyl halides is 6. The Morgan fingerprint density at radius 1 is 0.923 bits per heavy atom. The van der Waals surface area contributed by atoms with E-state index in [4.69, 9.17) is 11.6 Å². The largest absolute Gasteiger partial charge is 0.430 e. The van der Waals surface area contributed by atoms with Crippen molar-refractivity contribution < 1.29 is 36.2 Å². The van der Waals surface area contributed by atoms with Gasteiger partial charge in [0.05, 0.1) is 0 Å². The summed E-state index contributed by atoms with van der Waals surface area (Å²) in [7, 11) is 0. The molecule has 0 aliphatic carbocycles. The average Bonchev–Trinajstić information content (AvgIpc) is 2.52. The Labute approximate surface area is 148 Å². The van der Waals surface area contributed by atoms with Crippen LogP contribution in [0, 0.1) is 0 Å². The molecule has 0 radical (unpaired) electrons. The number of benzene rings is 2. The zero-order valence-corrected chi connectivity index (χ0v) is 13.4. The van der Waals surface area contributed by atoms with E-state index in [1.54, 1.807) is 0 Å². The number of halogens is 7. The van der Waals surface area contributed by atoms with Gasteiger partial charge in [-0.15, -0.1) is 0 Å². The van der Waals surface area contributed by atoms with E-state index < -0.39 is 29.4 Å². The number of carbonyl (C=O) groups excluding carboxylic acids is 1. The van der Waals surface area contributed by atoms with Gasteiger partial charge in [-0.25, -0.2) is 0 Å². The van der Waals surface area contributed by atoms with Crippen molar-refractivity contribution in [2.45, 2.75) is 18.0 Å². The van der Waals surface area contributed by atoms with Crippen molar-refractivity contribution in [3.05, 3.63) is 64.7 Å². The van der Waals surface area contributed by atoms with Gasteiger partial charge in [-0.05, 0) is 30.3 Å². The first-order chi connectivity index (χ1) is 11.9. The van der Waals surface area contributed by atoms with Crippen LogP contribution in [-0.4, -0.2) is 23.4 Å². The minimum Gasteiger partial charge on any atom is -0.369 e. The minimum absolute atomic E-state index is 0.0644. The van der Waals surface area contributed by atoms with Crippen molar-refractivity contribution in [3.63, 3.8) is 0 Å². The van der Waals surface area contributed by atoms with E-state index in [2.05, 4.69) is 5.32 Å². The molecule has 2 aromatic carbocycles. The average molecular weight is 398 g/mol.